The summed E-state index contributed by atoms with van der Waals surface area (Å²) in [4.78, 5) is 15.8. The average Bonchev–Trinajstić information content (AvgIpc) is 3.29. The Morgan fingerprint density at radius 2 is 1.84 bits per heavy atom. The van der Waals surface area contributed by atoms with Crippen molar-refractivity contribution in [2.75, 3.05) is 25.0 Å². The first kappa shape index (κ1) is 20.9. The van der Waals surface area contributed by atoms with Crippen molar-refractivity contribution in [1.29, 1.82) is 0 Å². The van der Waals surface area contributed by atoms with Crippen molar-refractivity contribution < 1.29 is 4.42 Å². The molecule has 0 saturated carbocycles. The van der Waals surface area contributed by atoms with Crippen LogP contribution in [0, 0.1) is 6.92 Å². The molecule has 3 aromatic rings. The summed E-state index contributed by atoms with van der Waals surface area (Å²) in [5, 5.41) is 6.66. The lowest BCUT2D eigenvalue weighted by Crippen LogP contribution is -2.36. The fourth-order valence-electron chi connectivity index (χ4n) is 3.66. The second-order valence-electron chi connectivity index (χ2n) is 7.86. The van der Waals surface area contributed by atoms with Crippen molar-refractivity contribution in [3.63, 3.8) is 0 Å². The molecule has 0 unspecified atom stereocenters. The maximum absolute atomic E-state index is 5.63. The first-order valence-electron chi connectivity index (χ1n) is 10.9. The number of aryl methyl sites for hydroxylation is 1. The molecule has 4 rings (SSSR count). The standard InChI is InChI=1S/C24H30N6O/c1-18-6-8-20(9-7-18)23-29-21(17-31-23)16-28-24(25-2)27-15-19-10-11-26-22(14-19)30-12-4-3-5-13-30/h6-11,14,17H,3-5,12-13,15-16H2,1-2H3,(H2,25,27,28). The molecule has 1 aromatic carbocycles. The van der Waals surface area contributed by atoms with Crippen molar-refractivity contribution in [1.82, 2.24) is 20.6 Å². The minimum Gasteiger partial charge on any atom is -0.444 e. The van der Waals surface area contributed by atoms with Crippen LogP contribution in [0.4, 0.5) is 5.82 Å². The number of aliphatic imine (C=N–C) groups is 1. The van der Waals surface area contributed by atoms with Gasteiger partial charge in [0.25, 0.3) is 0 Å². The third kappa shape index (κ3) is 5.63. The van der Waals surface area contributed by atoms with Gasteiger partial charge >= 0.3 is 0 Å². The third-order valence-corrected chi connectivity index (χ3v) is 5.46. The molecule has 7 heteroatoms. The number of nitrogens with one attached hydrogen (secondary N) is 2. The number of rotatable bonds is 6. The highest BCUT2D eigenvalue weighted by Gasteiger charge is 2.12. The van der Waals surface area contributed by atoms with Gasteiger partial charge in [0.1, 0.15) is 12.1 Å². The number of oxazole rings is 1. The summed E-state index contributed by atoms with van der Waals surface area (Å²) in [5.41, 5.74) is 4.20. The van der Waals surface area contributed by atoms with Crippen LogP contribution in [0.25, 0.3) is 11.5 Å². The molecule has 2 N–H and O–H groups in total. The van der Waals surface area contributed by atoms with Crippen LogP contribution in [0.1, 0.15) is 36.1 Å². The van der Waals surface area contributed by atoms with Crippen LogP contribution in [0.5, 0.6) is 0 Å². The van der Waals surface area contributed by atoms with E-state index in [0.717, 1.165) is 36.1 Å². The van der Waals surface area contributed by atoms with Crippen molar-refractivity contribution >= 4 is 11.8 Å². The molecule has 1 aliphatic heterocycles. The van der Waals surface area contributed by atoms with Crippen LogP contribution >= 0.6 is 0 Å². The van der Waals surface area contributed by atoms with Crippen LogP contribution < -0.4 is 15.5 Å². The van der Waals surface area contributed by atoms with Gasteiger partial charge < -0.3 is 20.0 Å². The molecule has 0 radical (unpaired) electrons. The summed E-state index contributed by atoms with van der Waals surface area (Å²) in [6, 6.07) is 12.4. The smallest absolute Gasteiger partial charge is 0.226 e. The topological polar surface area (TPSA) is 78.6 Å². The first-order valence-corrected chi connectivity index (χ1v) is 10.9. The van der Waals surface area contributed by atoms with E-state index in [-0.39, 0.29) is 0 Å². The minimum atomic E-state index is 0.532. The van der Waals surface area contributed by atoms with Crippen molar-refractivity contribution in [3.8, 4) is 11.5 Å². The van der Waals surface area contributed by atoms with Crippen molar-refractivity contribution in [2.45, 2.75) is 39.3 Å². The molecular formula is C24H30N6O. The molecular weight excluding hydrogens is 388 g/mol. The molecule has 7 nitrogen and oxygen atoms in total. The Kier molecular flexibility index (Phi) is 6.82. The quantitative estimate of drug-likeness (QED) is 0.467. The lowest BCUT2D eigenvalue weighted by molar-refractivity contribution is 0.572. The molecule has 0 amide bonds. The predicted molar refractivity (Wildman–Crippen MR) is 124 cm³/mol. The highest BCUT2D eigenvalue weighted by molar-refractivity contribution is 5.79. The fourth-order valence-corrected chi connectivity index (χ4v) is 3.66. The SMILES string of the molecule is CN=C(NCc1ccnc(N2CCCCC2)c1)NCc1coc(-c2ccc(C)cc2)n1. The molecule has 1 aliphatic rings. The Bertz CT molecular complexity index is 1000. The third-order valence-electron chi connectivity index (χ3n) is 5.46. The van der Waals surface area contributed by atoms with E-state index in [1.807, 2.05) is 24.4 Å². The zero-order valence-electron chi connectivity index (χ0n) is 18.3. The van der Waals surface area contributed by atoms with Gasteiger partial charge in [0.05, 0.1) is 12.2 Å². The number of hydrogen-bond donors (Lipinski definition) is 2. The summed E-state index contributed by atoms with van der Waals surface area (Å²) < 4.78 is 5.63. The number of aromatic nitrogens is 2. The van der Waals surface area contributed by atoms with E-state index in [9.17, 15) is 0 Å². The molecule has 3 heterocycles. The van der Waals surface area contributed by atoms with E-state index in [2.05, 4.69) is 55.6 Å². The number of pyridine rings is 1. The maximum atomic E-state index is 5.63. The van der Waals surface area contributed by atoms with Gasteiger partial charge in [-0.25, -0.2) is 9.97 Å². The van der Waals surface area contributed by atoms with Crippen LogP contribution in [0.15, 0.2) is 58.3 Å². The fraction of sp³-hybridized carbons (Fsp3) is 0.375. The normalized spacial score (nSPS) is 14.5. The first-order chi connectivity index (χ1) is 15.2. The molecule has 0 spiro atoms. The van der Waals surface area contributed by atoms with Crippen LogP contribution in [0.2, 0.25) is 0 Å². The van der Waals surface area contributed by atoms with E-state index in [1.54, 1.807) is 13.3 Å². The van der Waals surface area contributed by atoms with Crippen LogP contribution in [-0.4, -0.2) is 36.1 Å². The molecule has 2 aromatic heterocycles. The van der Waals surface area contributed by atoms with Gasteiger partial charge in [0.15, 0.2) is 5.96 Å². The number of piperidine rings is 1. The van der Waals surface area contributed by atoms with Crippen LogP contribution in [0.3, 0.4) is 0 Å². The van der Waals surface area contributed by atoms with E-state index in [4.69, 9.17) is 4.42 Å². The number of guanidine groups is 1. The van der Waals surface area contributed by atoms with Gasteiger partial charge in [-0.1, -0.05) is 17.7 Å². The summed E-state index contributed by atoms with van der Waals surface area (Å²) in [6.45, 7) is 5.46. The summed E-state index contributed by atoms with van der Waals surface area (Å²) in [5.74, 6) is 2.41. The Morgan fingerprint density at radius 3 is 2.61 bits per heavy atom. The lowest BCUT2D eigenvalue weighted by atomic mass is 10.1. The van der Waals surface area contributed by atoms with E-state index in [1.165, 1.54) is 30.4 Å². The molecule has 0 atom stereocenters. The zero-order valence-corrected chi connectivity index (χ0v) is 18.3. The Hall–Kier alpha value is -3.35. The predicted octanol–water partition coefficient (Wildman–Crippen LogP) is 3.90. The largest absolute Gasteiger partial charge is 0.444 e. The Morgan fingerprint density at radius 1 is 1.06 bits per heavy atom. The van der Waals surface area contributed by atoms with E-state index in [0.29, 0.717) is 19.0 Å². The summed E-state index contributed by atoms with van der Waals surface area (Å²) >= 11 is 0. The maximum Gasteiger partial charge on any atom is 0.226 e. The number of hydrogen-bond acceptors (Lipinski definition) is 5. The number of anilines is 1. The van der Waals surface area contributed by atoms with Crippen LogP contribution in [-0.2, 0) is 13.1 Å². The molecule has 162 valence electrons. The molecule has 0 aliphatic carbocycles. The van der Waals surface area contributed by atoms with Gasteiger partial charge in [-0.2, -0.15) is 0 Å². The van der Waals surface area contributed by atoms with Gasteiger partial charge in [-0.05, 0) is 56.0 Å². The van der Waals surface area contributed by atoms with Gasteiger partial charge in [-0.15, -0.1) is 0 Å². The minimum absolute atomic E-state index is 0.532. The average molecular weight is 419 g/mol. The highest BCUT2D eigenvalue weighted by atomic mass is 16.3. The lowest BCUT2D eigenvalue weighted by Gasteiger charge is -2.28. The van der Waals surface area contributed by atoms with E-state index < -0.39 is 0 Å². The molecule has 31 heavy (non-hydrogen) atoms. The van der Waals surface area contributed by atoms with E-state index >= 15 is 0 Å². The molecule has 0 bridgehead atoms. The second-order valence-corrected chi connectivity index (χ2v) is 7.86. The summed E-state index contributed by atoms with van der Waals surface area (Å²) in [7, 11) is 1.77. The Labute approximate surface area is 183 Å². The Balaban J connectivity index is 1.30. The number of nitrogens with zero attached hydrogens (tertiary/aromatic N) is 4. The zero-order chi connectivity index (χ0) is 21.5. The second kappa shape index (κ2) is 10.1. The van der Waals surface area contributed by atoms with Crippen molar-refractivity contribution in [2.24, 2.45) is 4.99 Å². The van der Waals surface area contributed by atoms with Crippen molar-refractivity contribution in [3.05, 3.63) is 65.7 Å². The number of benzene rings is 1. The van der Waals surface area contributed by atoms with Gasteiger partial charge in [-0.3, -0.25) is 4.99 Å². The molecule has 1 saturated heterocycles. The monoisotopic (exact) mass is 418 g/mol. The van der Waals surface area contributed by atoms with Gasteiger partial charge in [0.2, 0.25) is 5.89 Å². The summed E-state index contributed by atoms with van der Waals surface area (Å²) in [6.07, 6.45) is 7.38. The van der Waals surface area contributed by atoms with Gasteiger partial charge in [0, 0.05) is 38.4 Å². The highest BCUT2D eigenvalue weighted by Crippen LogP contribution is 2.19. The molecule has 1 fully saturated rings.